The van der Waals surface area contributed by atoms with Crippen molar-refractivity contribution in [3.8, 4) is 5.75 Å². The number of amides is 1. The highest BCUT2D eigenvalue weighted by Crippen LogP contribution is 2.27. The molecule has 2 aromatic heterocycles. The molecule has 0 saturated carbocycles. The fraction of sp³-hybridized carbons (Fsp3) is 0.250. The van der Waals surface area contributed by atoms with E-state index in [1.165, 1.54) is 22.7 Å². The first kappa shape index (κ1) is 20.3. The zero-order valence-corrected chi connectivity index (χ0v) is 18.0. The number of carbonyl (C=O) groups excluding carboxylic acids is 1. The van der Waals surface area contributed by atoms with Crippen molar-refractivity contribution in [3.05, 3.63) is 65.9 Å². The molecule has 0 unspecified atom stereocenters. The van der Waals surface area contributed by atoms with E-state index in [1.54, 1.807) is 7.11 Å². The summed E-state index contributed by atoms with van der Waals surface area (Å²) in [6.45, 7) is 2.72. The van der Waals surface area contributed by atoms with Crippen LogP contribution in [-0.2, 0) is 17.6 Å². The van der Waals surface area contributed by atoms with Crippen LogP contribution in [-0.4, -0.2) is 35.3 Å². The van der Waals surface area contributed by atoms with E-state index in [4.69, 9.17) is 9.72 Å². The summed E-state index contributed by atoms with van der Waals surface area (Å²) in [7, 11) is 1.65. The van der Waals surface area contributed by atoms with E-state index in [2.05, 4.69) is 35.4 Å². The molecule has 30 heavy (non-hydrogen) atoms. The number of benzene rings is 2. The molecule has 0 aliphatic rings. The number of aryl methyl sites for hydroxylation is 1. The molecular weight excluding hydrogens is 394 g/mol. The highest BCUT2D eigenvalue weighted by atomic mass is 32.2. The summed E-state index contributed by atoms with van der Waals surface area (Å²) in [4.78, 5) is 20.4. The van der Waals surface area contributed by atoms with Crippen molar-refractivity contribution >= 4 is 39.5 Å². The van der Waals surface area contributed by atoms with Gasteiger partial charge in [-0.15, -0.1) is 0 Å². The Bertz CT molecular complexity index is 1190. The Hall–Kier alpha value is -2.99. The topological polar surface area (TPSA) is 67.0 Å². The first-order valence-electron chi connectivity index (χ1n) is 10.1. The van der Waals surface area contributed by atoms with Crippen LogP contribution in [0.3, 0.4) is 0 Å². The minimum atomic E-state index is 0.0226. The van der Waals surface area contributed by atoms with E-state index in [9.17, 15) is 4.79 Å². The fourth-order valence-electron chi connectivity index (χ4n) is 3.54. The van der Waals surface area contributed by atoms with Crippen LogP contribution in [0.1, 0.15) is 18.1 Å². The van der Waals surface area contributed by atoms with Gasteiger partial charge in [-0.05, 0) is 48.2 Å². The minimum absolute atomic E-state index is 0.0226. The van der Waals surface area contributed by atoms with Gasteiger partial charge in [0, 0.05) is 35.1 Å². The SMILES string of the molecule is CCc1cc2ccc(OC)cc2nc1SCC(=O)NCCc1c[nH]c2ccccc12. The number of para-hydroxylation sites is 1. The lowest BCUT2D eigenvalue weighted by molar-refractivity contribution is -0.118. The van der Waals surface area contributed by atoms with Crippen molar-refractivity contribution in [3.63, 3.8) is 0 Å². The smallest absolute Gasteiger partial charge is 0.230 e. The number of thioether (sulfide) groups is 1. The van der Waals surface area contributed by atoms with Crippen LogP contribution >= 0.6 is 11.8 Å². The highest BCUT2D eigenvalue weighted by Gasteiger charge is 2.10. The average Bonchev–Trinajstić information content (AvgIpc) is 3.19. The molecule has 0 bridgehead atoms. The van der Waals surface area contributed by atoms with Crippen molar-refractivity contribution in [2.45, 2.75) is 24.8 Å². The van der Waals surface area contributed by atoms with E-state index in [0.29, 0.717) is 12.3 Å². The van der Waals surface area contributed by atoms with Crippen molar-refractivity contribution in [2.75, 3.05) is 19.4 Å². The molecule has 0 saturated heterocycles. The van der Waals surface area contributed by atoms with Crippen molar-refractivity contribution in [1.29, 1.82) is 0 Å². The number of hydrogen-bond donors (Lipinski definition) is 2. The monoisotopic (exact) mass is 419 g/mol. The van der Waals surface area contributed by atoms with Crippen LogP contribution in [0.2, 0.25) is 0 Å². The minimum Gasteiger partial charge on any atom is -0.497 e. The quantitative estimate of drug-likeness (QED) is 0.405. The first-order chi connectivity index (χ1) is 14.7. The van der Waals surface area contributed by atoms with Gasteiger partial charge in [-0.2, -0.15) is 0 Å². The van der Waals surface area contributed by atoms with Gasteiger partial charge in [0.05, 0.1) is 18.4 Å². The van der Waals surface area contributed by atoms with Gasteiger partial charge in [0.1, 0.15) is 10.8 Å². The Kier molecular flexibility index (Phi) is 6.23. The van der Waals surface area contributed by atoms with Gasteiger partial charge in [-0.3, -0.25) is 4.79 Å². The maximum absolute atomic E-state index is 12.4. The van der Waals surface area contributed by atoms with Crippen LogP contribution in [0.5, 0.6) is 5.75 Å². The van der Waals surface area contributed by atoms with E-state index in [0.717, 1.165) is 45.6 Å². The predicted molar refractivity (Wildman–Crippen MR) is 123 cm³/mol. The molecular formula is C24H25N3O2S. The number of rotatable bonds is 8. The molecule has 4 aromatic rings. The average molecular weight is 420 g/mol. The lowest BCUT2D eigenvalue weighted by Crippen LogP contribution is -2.27. The number of nitrogens with one attached hydrogen (secondary N) is 2. The molecule has 0 radical (unpaired) electrons. The third kappa shape index (κ3) is 4.44. The summed E-state index contributed by atoms with van der Waals surface area (Å²) in [5, 5.41) is 6.23. The van der Waals surface area contributed by atoms with Gasteiger partial charge in [0.15, 0.2) is 0 Å². The third-order valence-corrected chi connectivity index (χ3v) is 6.21. The standard InChI is InChI=1S/C24H25N3O2S/c1-3-16-12-17-8-9-19(29-2)13-22(17)27-24(16)30-15-23(28)25-11-10-18-14-26-21-7-5-4-6-20(18)21/h4-9,12-14,26H,3,10-11,15H2,1-2H3,(H,25,28). The Morgan fingerprint density at radius 1 is 1.17 bits per heavy atom. The first-order valence-corrected chi connectivity index (χ1v) is 11.1. The summed E-state index contributed by atoms with van der Waals surface area (Å²) in [6, 6.07) is 16.3. The molecule has 0 spiro atoms. The van der Waals surface area contributed by atoms with Crippen LogP contribution in [0.25, 0.3) is 21.8 Å². The number of fused-ring (bicyclic) bond motifs is 2. The van der Waals surface area contributed by atoms with Crippen LogP contribution in [0, 0.1) is 0 Å². The Balaban J connectivity index is 1.36. The number of hydrogen-bond acceptors (Lipinski definition) is 4. The number of aromatic amines is 1. The van der Waals surface area contributed by atoms with Gasteiger partial charge in [-0.1, -0.05) is 36.9 Å². The largest absolute Gasteiger partial charge is 0.497 e. The molecule has 1 amide bonds. The predicted octanol–water partition coefficient (Wildman–Crippen LogP) is 4.74. The number of aromatic nitrogens is 2. The molecule has 2 heterocycles. The number of pyridine rings is 1. The van der Waals surface area contributed by atoms with E-state index in [1.807, 2.05) is 36.5 Å². The molecule has 5 nitrogen and oxygen atoms in total. The van der Waals surface area contributed by atoms with E-state index in [-0.39, 0.29) is 5.91 Å². The number of nitrogens with zero attached hydrogens (tertiary/aromatic N) is 1. The summed E-state index contributed by atoms with van der Waals surface area (Å²) in [5.74, 6) is 1.16. The van der Waals surface area contributed by atoms with E-state index >= 15 is 0 Å². The summed E-state index contributed by atoms with van der Waals surface area (Å²) >= 11 is 1.49. The Labute approximate surface area is 180 Å². The second kappa shape index (κ2) is 9.22. The van der Waals surface area contributed by atoms with Gasteiger partial charge >= 0.3 is 0 Å². The third-order valence-electron chi connectivity index (χ3n) is 5.18. The molecule has 0 atom stereocenters. The number of H-pyrrole nitrogens is 1. The molecule has 2 aromatic carbocycles. The van der Waals surface area contributed by atoms with Gasteiger partial charge < -0.3 is 15.0 Å². The molecule has 0 aliphatic carbocycles. The maximum atomic E-state index is 12.4. The molecule has 4 rings (SSSR count). The van der Waals surface area contributed by atoms with Crippen molar-refractivity contribution in [1.82, 2.24) is 15.3 Å². The second-order valence-corrected chi connectivity index (χ2v) is 8.08. The molecule has 2 N–H and O–H groups in total. The maximum Gasteiger partial charge on any atom is 0.230 e. The molecule has 0 aliphatic heterocycles. The Morgan fingerprint density at radius 2 is 2.03 bits per heavy atom. The number of carbonyl (C=O) groups is 1. The van der Waals surface area contributed by atoms with Gasteiger partial charge in [0.25, 0.3) is 0 Å². The summed E-state index contributed by atoms with van der Waals surface area (Å²) in [6.07, 6.45) is 3.69. The fourth-order valence-corrected chi connectivity index (χ4v) is 4.46. The summed E-state index contributed by atoms with van der Waals surface area (Å²) in [5.41, 5.74) is 4.38. The van der Waals surface area contributed by atoms with E-state index < -0.39 is 0 Å². The molecule has 0 fully saturated rings. The number of ether oxygens (including phenoxy) is 1. The normalized spacial score (nSPS) is 11.1. The van der Waals surface area contributed by atoms with Crippen molar-refractivity contribution < 1.29 is 9.53 Å². The van der Waals surface area contributed by atoms with Gasteiger partial charge in [0.2, 0.25) is 5.91 Å². The molecule has 154 valence electrons. The van der Waals surface area contributed by atoms with Crippen LogP contribution in [0.15, 0.2) is 59.8 Å². The Morgan fingerprint density at radius 3 is 2.87 bits per heavy atom. The van der Waals surface area contributed by atoms with Crippen molar-refractivity contribution in [2.24, 2.45) is 0 Å². The lowest BCUT2D eigenvalue weighted by atomic mass is 10.1. The van der Waals surface area contributed by atoms with Crippen LogP contribution < -0.4 is 10.1 Å². The van der Waals surface area contributed by atoms with Crippen LogP contribution in [0.4, 0.5) is 0 Å². The number of methoxy groups -OCH3 is 1. The summed E-state index contributed by atoms with van der Waals surface area (Å²) < 4.78 is 5.31. The lowest BCUT2D eigenvalue weighted by Gasteiger charge is -2.10. The molecule has 6 heteroatoms. The zero-order valence-electron chi connectivity index (χ0n) is 17.2. The highest BCUT2D eigenvalue weighted by molar-refractivity contribution is 7.99. The van der Waals surface area contributed by atoms with Gasteiger partial charge in [-0.25, -0.2) is 4.98 Å². The zero-order chi connectivity index (χ0) is 20.9. The second-order valence-electron chi connectivity index (χ2n) is 7.11.